The second-order valence-electron chi connectivity index (χ2n) is 4.01. The molecule has 0 atom stereocenters. The van der Waals surface area contributed by atoms with Gasteiger partial charge in [-0.3, -0.25) is 11.3 Å². The summed E-state index contributed by atoms with van der Waals surface area (Å²) in [6, 6.07) is 16.0. The van der Waals surface area contributed by atoms with Crippen molar-refractivity contribution in [3.8, 4) is 11.1 Å². The molecular formula is C14H15N4+. The van der Waals surface area contributed by atoms with Crippen LogP contribution in [0.4, 0.5) is 0 Å². The minimum Gasteiger partial charge on any atom is -0.284 e. The molecule has 0 fully saturated rings. The Hall–Kier alpha value is -2.49. The summed E-state index contributed by atoms with van der Waals surface area (Å²) in [6.45, 7) is 2.05. The van der Waals surface area contributed by atoms with Gasteiger partial charge in [0.2, 0.25) is 0 Å². The second kappa shape index (κ2) is 5.23. The van der Waals surface area contributed by atoms with E-state index in [-0.39, 0.29) is 0 Å². The van der Waals surface area contributed by atoms with E-state index in [0.29, 0.717) is 5.84 Å². The van der Waals surface area contributed by atoms with Crippen molar-refractivity contribution in [2.75, 3.05) is 0 Å². The first-order valence-corrected chi connectivity index (χ1v) is 5.62. The third kappa shape index (κ3) is 2.43. The SMILES string of the molecule is Cc1ccc(-c2ccccc2C(=[NH2+])N=NN)cc1. The summed E-state index contributed by atoms with van der Waals surface area (Å²) in [5.74, 6) is 5.35. The molecule has 0 bridgehead atoms. The molecule has 0 amide bonds. The quantitative estimate of drug-likeness (QED) is 0.269. The molecule has 0 spiro atoms. The molecule has 0 heterocycles. The van der Waals surface area contributed by atoms with Crippen molar-refractivity contribution >= 4 is 5.84 Å². The topological polar surface area (TPSA) is 76.3 Å². The maximum atomic E-state index is 5.85. The molecule has 90 valence electrons. The fourth-order valence-electron chi connectivity index (χ4n) is 1.81. The average Bonchev–Trinajstić information content (AvgIpc) is 2.40. The fourth-order valence-corrected chi connectivity index (χ4v) is 1.81. The van der Waals surface area contributed by atoms with Gasteiger partial charge in [-0.25, -0.2) is 0 Å². The smallest absolute Gasteiger partial charge is 0.284 e. The third-order valence-electron chi connectivity index (χ3n) is 2.73. The molecule has 0 aromatic heterocycles. The molecule has 2 aromatic carbocycles. The van der Waals surface area contributed by atoms with Gasteiger partial charge in [-0.1, -0.05) is 48.0 Å². The Labute approximate surface area is 106 Å². The minimum absolute atomic E-state index is 0.314. The molecule has 2 aromatic rings. The highest BCUT2D eigenvalue weighted by molar-refractivity contribution is 6.00. The predicted octanol–water partition coefficient (Wildman–Crippen LogP) is 1.49. The normalized spacial score (nSPS) is 10.7. The lowest BCUT2D eigenvalue weighted by Gasteiger charge is -2.05. The summed E-state index contributed by atoms with van der Waals surface area (Å²) in [6.07, 6.45) is 0. The number of amidine groups is 1. The molecule has 0 aliphatic carbocycles. The molecule has 0 aliphatic heterocycles. The van der Waals surface area contributed by atoms with E-state index in [1.165, 1.54) is 5.56 Å². The Morgan fingerprint density at radius 1 is 1.06 bits per heavy atom. The van der Waals surface area contributed by atoms with Gasteiger partial charge in [-0.2, -0.15) is 0 Å². The van der Waals surface area contributed by atoms with Crippen LogP contribution >= 0.6 is 0 Å². The molecule has 18 heavy (non-hydrogen) atoms. The number of rotatable bonds is 2. The Morgan fingerprint density at radius 2 is 1.72 bits per heavy atom. The van der Waals surface area contributed by atoms with Gasteiger partial charge in [0.1, 0.15) is 0 Å². The zero-order valence-corrected chi connectivity index (χ0v) is 10.2. The summed E-state index contributed by atoms with van der Waals surface area (Å²) in [5, 5.41) is 12.8. The van der Waals surface area contributed by atoms with Crippen LogP contribution in [0.15, 0.2) is 58.9 Å². The van der Waals surface area contributed by atoms with Gasteiger partial charge < -0.3 is 0 Å². The van der Waals surface area contributed by atoms with Gasteiger partial charge in [-0.15, -0.1) is 0 Å². The lowest BCUT2D eigenvalue weighted by atomic mass is 9.98. The van der Waals surface area contributed by atoms with E-state index < -0.39 is 0 Å². The largest absolute Gasteiger partial charge is 0.351 e. The van der Waals surface area contributed by atoms with E-state index in [2.05, 4.69) is 41.5 Å². The summed E-state index contributed by atoms with van der Waals surface area (Å²) < 4.78 is 0. The summed E-state index contributed by atoms with van der Waals surface area (Å²) in [4.78, 5) is 0. The standard InChI is InChI=1S/C14H14N4/c1-10-6-8-11(9-7-10)12-4-2-3-5-13(12)14(15)17-18-16/h2-9H,1H3,(H3,15,16,17)/p+1. The van der Waals surface area contributed by atoms with Crippen LogP contribution in [0.25, 0.3) is 11.1 Å². The molecule has 2 rings (SSSR count). The van der Waals surface area contributed by atoms with Crippen molar-refractivity contribution in [2.24, 2.45) is 16.2 Å². The fraction of sp³-hybridized carbons (Fsp3) is 0.0714. The van der Waals surface area contributed by atoms with Crippen LogP contribution in [0.3, 0.4) is 0 Å². The van der Waals surface area contributed by atoms with Crippen LogP contribution < -0.4 is 11.3 Å². The van der Waals surface area contributed by atoms with Gasteiger partial charge >= 0.3 is 5.84 Å². The third-order valence-corrected chi connectivity index (χ3v) is 2.73. The monoisotopic (exact) mass is 239 g/mol. The Balaban J connectivity index is 2.51. The zero-order chi connectivity index (χ0) is 13.0. The van der Waals surface area contributed by atoms with Gasteiger partial charge in [0.05, 0.1) is 10.7 Å². The number of hydrogen-bond donors (Lipinski definition) is 2. The molecule has 4 N–H and O–H groups in total. The van der Waals surface area contributed by atoms with Crippen LogP contribution in [0, 0.1) is 6.92 Å². The first kappa shape index (κ1) is 12.0. The van der Waals surface area contributed by atoms with Crippen molar-refractivity contribution in [1.82, 2.24) is 0 Å². The Kier molecular flexibility index (Phi) is 3.48. The van der Waals surface area contributed by atoms with E-state index in [1.54, 1.807) is 0 Å². The molecule has 0 saturated carbocycles. The van der Waals surface area contributed by atoms with Crippen molar-refractivity contribution in [3.63, 3.8) is 0 Å². The molecule has 0 unspecified atom stereocenters. The zero-order valence-electron chi connectivity index (χ0n) is 10.2. The number of hydrogen-bond acceptors (Lipinski definition) is 1. The maximum Gasteiger partial charge on any atom is 0.351 e. The Bertz CT molecular complexity index is 585. The van der Waals surface area contributed by atoms with Crippen molar-refractivity contribution in [1.29, 1.82) is 0 Å². The van der Waals surface area contributed by atoms with Crippen LogP contribution in [0.2, 0.25) is 0 Å². The van der Waals surface area contributed by atoms with Crippen LogP contribution in [0.5, 0.6) is 0 Å². The molecular weight excluding hydrogens is 224 g/mol. The van der Waals surface area contributed by atoms with E-state index in [1.807, 2.05) is 24.3 Å². The van der Waals surface area contributed by atoms with E-state index >= 15 is 0 Å². The number of nitrogens with zero attached hydrogens (tertiary/aromatic N) is 2. The maximum absolute atomic E-state index is 5.85. The predicted molar refractivity (Wildman–Crippen MR) is 71.7 cm³/mol. The van der Waals surface area contributed by atoms with E-state index in [9.17, 15) is 0 Å². The Morgan fingerprint density at radius 3 is 2.39 bits per heavy atom. The van der Waals surface area contributed by atoms with Crippen LogP contribution in [-0.2, 0) is 0 Å². The minimum atomic E-state index is 0.314. The molecule has 4 nitrogen and oxygen atoms in total. The summed E-state index contributed by atoms with van der Waals surface area (Å²) in [5.41, 5.74) is 4.15. The van der Waals surface area contributed by atoms with Gasteiger partial charge in [0.15, 0.2) is 0 Å². The van der Waals surface area contributed by atoms with Gasteiger partial charge in [0.25, 0.3) is 0 Å². The first-order valence-electron chi connectivity index (χ1n) is 5.62. The highest BCUT2D eigenvalue weighted by atomic mass is 15.3. The number of aryl methyl sites for hydroxylation is 1. The lowest BCUT2D eigenvalue weighted by molar-refractivity contribution is -0.114. The highest BCUT2D eigenvalue weighted by Gasteiger charge is 2.14. The molecule has 4 heteroatoms. The molecule has 0 saturated heterocycles. The number of nitrogens with two attached hydrogens (primary N) is 2. The number of benzene rings is 2. The molecule has 0 aliphatic rings. The van der Waals surface area contributed by atoms with Crippen molar-refractivity contribution < 1.29 is 5.41 Å². The van der Waals surface area contributed by atoms with Crippen molar-refractivity contribution in [3.05, 3.63) is 59.7 Å². The summed E-state index contributed by atoms with van der Waals surface area (Å²) >= 11 is 0. The first-order chi connectivity index (χ1) is 8.72. The van der Waals surface area contributed by atoms with Crippen molar-refractivity contribution in [2.45, 2.75) is 6.92 Å². The highest BCUT2D eigenvalue weighted by Crippen LogP contribution is 2.24. The average molecular weight is 239 g/mol. The van der Waals surface area contributed by atoms with Gasteiger partial charge in [0, 0.05) is 5.22 Å². The van der Waals surface area contributed by atoms with E-state index in [0.717, 1.165) is 16.7 Å². The second-order valence-corrected chi connectivity index (χ2v) is 4.01. The van der Waals surface area contributed by atoms with Crippen LogP contribution in [0.1, 0.15) is 11.1 Å². The van der Waals surface area contributed by atoms with Gasteiger partial charge in [-0.05, 0) is 24.1 Å². The van der Waals surface area contributed by atoms with E-state index in [4.69, 9.17) is 11.3 Å². The lowest BCUT2D eigenvalue weighted by Crippen LogP contribution is -2.39. The summed E-state index contributed by atoms with van der Waals surface area (Å²) in [7, 11) is 0. The van der Waals surface area contributed by atoms with Crippen LogP contribution in [-0.4, -0.2) is 5.84 Å². The molecule has 0 radical (unpaired) electrons.